The van der Waals surface area contributed by atoms with Gasteiger partial charge in [0.2, 0.25) is 5.91 Å². The molecule has 9 N–H and O–H groups in total. The van der Waals surface area contributed by atoms with E-state index in [2.05, 4.69) is 43.5 Å². The highest BCUT2D eigenvalue weighted by Gasteiger charge is 2.50. The molecule has 14 nitrogen and oxygen atoms in total. The SMILES string of the molecule is CCCC/C=C\C/C=C\CCCCCCCC(=O)NC(COC1OC(CO)C(OC2OC(CO)C(O)C(O)C2O)C(O)C1O)C(O)CCCCCC. The van der Waals surface area contributed by atoms with E-state index in [1.54, 1.807) is 0 Å². The third-order valence-electron chi connectivity index (χ3n) is 9.67. The molecule has 2 saturated heterocycles. The Morgan fingerprint density at radius 3 is 1.96 bits per heavy atom. The first-order chi connectivity index (χ1) is 25.1. The predicted octanol–water partition coefficient (Wildman–Crippen LogP) is 1.87. The molecule has 52 heavy (non-hydrogen) atoms. The zero-order chi connectivity index (χ0) is 38.3. The van der Waals surface area contributed by atoms with Gasteiger partial charge in [-0.1, -0.05) is 95.9 Å². The van der Waals surface area contributed by atoms with Crippen molar-refractivity contribution < 1.29 is 64.6 Å². The van der Waals surface area contributed by atoms with E-state index in [1.807, 2.05) is 0 Å². The average Bonchev–Trinajstić information content (AvgIpc) is 3.14. The van der Waals surface area contributed by atoms with E-state index in [0.29, 0.717) is 12.8 Å². The lowest BCUT2D eigenvalue weighted by Gasteiger charge is -2.46. The third kappa shape index (κ3) is 16.5. The van der Waals surface area contributed by atoms with E-state index in [-0.39, 0.29) is 18.9 Å². The molecule has 0 saturated carbocycles. The maximum atomic E-state index is 12.9. The number of aliphatic hydroxyl groups excluding tert-OH is 8. The van der Waals surface area contributed by atoms with Gasteiger partial charge in [0.25, 0.3) is 0 Å². The van der Waals surface area contributed by atoms with Gasteiger partial charge in [-0.2, -0.15) is 0 Å². The van der Waals surface area contributed by atoms with Gasteiger partial charge < -0.3 is 65.1 Å². The van der Waals surface area contributed by atoms with Gasteiger partial charge in [0.1, 0.15) is 48.8 Å². The van der Waals surface area contributed by atoms with Gasteiger partial charge in [-0.25, -0.2) is 0 Å². The number of carbonyl (C=O) groups excluding carboxylic acids is 1. The van der Waals surface area contributed by atoms with Crippen LogP contribution >= 0.6 is 0 Å². The van der Waals surface area contributed by atoms with Crippen LogP contribution in [0, 0.1) is 0 Å². The number of unbranched alkanes of at least 4 members (excludes halogenated alkanes) is 10. The molecule has 12 unspecified atom stereocenters. The van der Waals surface area contributed by atoms with Crippen LogP contribution in [0.5, 0.6) is 0 Å². The van der Waals surface area contributed by atoms with Gasteiger partial charge in [-0.3, -0.25) is 4.79 Å². The van der Waals surface area contributed by atoms with Crippen LogP contribution in [-0.4, -0.2) is 140 Å². The minimum absolute atomic E-state index is 0.234. The first kappa shape index (κ1) is 46.6. The standard InChI is InChI=1S/C38H69NO13/c1-3-5-7-9-10-11-12-13-14-15-16-17-18-20-22-30(43)39-26(27(42)21-19-8-6-4-2)25-49-37-35(48)33(46)36(29(24-41)51-37)52-38-34(47)32(45)31(44)28(23-40)50-38/h9-10,12-13,26-29,31-38,40-42,44-48H,3-8,11,14-25H2,1-2H3,(H,39,43)/b10-9-,13-12-. The second-order valence-corrected chi connectivity index (χ2v) is 14.1. The number of hydrogen-bond donors (Lipinski definition) is 9. The lowest BCUT2D eigenvalue weighted by molar-refractivity contribution is -0.359. The Hall–Kier alpha value is -1.53. The van der Waals surface area contributed by atoms with Crippen molar-refractivity contribution in [2.24, 2.45) is 0 Å². The molecule has 0 bridgehead atoms. The van der Waals surface area contributed by atoms with Gasteiger partial charge in [0.05, 0.1) is 32.0 Å². The Bertz CT molecular complexity index is 983. The zero-order valence-corrected chi connectivity index (χ0v) is 31.3. The van der Waals surface area contributed by atoms with Crippen molar-refractivity contribution in [1.29, 1.82) is 0 Å². The Kier molecular flexibility index (Phi) is 24.3. The predicted molar refractivity (Wildman–Crippen MR) is 194 cm³/mol. The lowest BCUT2D eigenvalue weighted by atomic mass is 9.97. The Balaban J connectivity index is 1.86. The third-order valence-corrected chi connectivity index (χ3v) is 9.67. The van der Waals surface area contributed by atoms with Gasteiger partial charge in [-0.15, -0.1) is 0 Å². The fraction of sp³-hybridized carbons (Fsp3) is 0.868. The maximum Gasteiger partial charge on any atom is 0.220 e. The molecule has 2 aliphatic heterocycles. The fourth-order valence-electron chi connectivity index (χ4n) is 6.31. The Labute approximate surface area is 309 Å². The topological polar surface area (TPSA) is 228 Å². The van der Waals surface area contributed by atoms with Crippen molar-refractivity contribution in [3.63, 3.8) is 0 Å². The number of carbonyl (C=O) groups is 1. The molecule has 0 aromatic heterocycles. The molecule has 2 heterocycles. The minimum atomic E-state index is -1.78. The first-order valence-electron chi connectivity index (χ1n) is 19.6. The summed E-state index contributed by atoms with van der Waals surface area (Å²) in [6, 6.07) is -0.828. The van der Waals surface area contributed by atoms with Crippen LogP contribution in [0.4, 0.5) is 0 Å². The van der Waals surface area contributed by atoms with Gasteiger partial charge in [0.15, 0.2) is 12.6 Å². The van der Waals surface area contributed by atoms with Crippen molar-refractivity contribution in [1.82, 2.24) is 5.32 Å². The van der Waals surface area contributed by atoms with Crippen LogP contribution in [-0.2, 0) is 23.7 Å². The molecule has 0 radical (unpaired) electrons. The molecule has 0 spiro atoms. The van der Waals surface area contributed by atoms with Crippen LogP contribution in [0.3, 0.4) is 0 Å². The van der Waals surface area contributed by atoms with Crippen LogP contribution in [0.25, 0.3) is 0 Å². The van der Waals surface area contributed by atoms with Crippen molar-refractivity contribution in [2.45, 2.75) is 190 Å². The fourth-order valence-corrected chi connectivity index (χ4v) is 6.31. The van der Waals surface area contributed by atoms with Gasteiger partial charge >= 0.3 is 0 Å². The smallest absolute Gasteiger partial charge is 0.220 e. The van der Waals surface area contributed by atoms with E-state index >= 15 is 0 Å². The quantitative estimate of drug-likeness (QED) is 0.0433. The highest BCUT2D eigenvalue weighted by atomic mass is 16.7. The highest BCUT2D eigenvalue weighted by molar-refractivity contribution is 5.76. The van der Waals surface area contributed by atoms with E-state index in [0.717, 1.165) is 70.6 Å². The normalized spacial score (nSPS) is 31.0. The number of allylic oxidation sites excluding steroid dienone is 4. The summed E-state index contributed by atoms with van der Waals surface area (Å²) in [7, 11) is 0. The Morgan fingerprint density at radius 2 is 1.29 bits per heavy atom. The second-order valence-electron chi connectivity index (χ2n) is 14.1. The van der Waals surface area contributed by atoms with E-state index in [9.17, 15) is 45.6 Å². The number of rotatable bonds is 27. The van der Waals surface area contributed by atoms with Crippen LogP contribution in [0.15, 0.2) is 24.3 Å². The van der Waals surface area contributed by atoms with Gasteiger partial charge in [0, 0.05) is 6.42 Å². The van der Waals surface area contributed by atoms with Crippen molar-refractivity contribution in [3.05, 3.63) is 24.3 Å². The molecule has 14 heteroatoms. The molecule has 12 atom stereocenters. The summed E-state index contributed by atoms with van der Waals surface area (Å²) in [5.41, 5.74) is 0. The summed E-state index contributed by atoms with van der Waals surface area (Å²) < 4.78 is 22.4. The number of amides is 1. The summed E-state index contributed by atoms with van der Waals surface area (Å²) in [6.45, 7) is 2.61. The summed E-state index contributed by atoms with van der Waals surface area (Å²) in [5, 5.41) is 85.7. The summed E-state index contributed by atoms with van der Waals surface area (Å²) >= 11 is 0. The number of aliphatic hydroxyl groups is 8. The van der Waals surface area contributed by atoms with Crippen LogP contribution in [0.2, 0.25) is 0 Å². The van der Waals surface area contributed by atoms with Crippen molar-refractivity contribution >= 4 is 5.91 Å². The zero-order valence-electron chi connectivity index (χ0n) is 31.3. The second kappa shape index (κ2) is 27.1. The maximum absolute atomic E-state index is 12.9. The molecular formula is C38H69NO13. The molecular weight excluding hydrogens is 678 g/mol. The number of ether oxygens (including phenoxy) is 4. The molecule has 304 valence electrons. The monoisotopic (exact) mass is 747 g/mol. The molecule has 2 aliphatic rings. The first-order valence-corrected chi connectivity index (χ1v) is 19.6. The Morgan fingerprint density at radius 1 is 0.692 bits per heavy atom. The van der Waals surface area contributed by atoms with Crippen LogP contribution in [0.1, 0.15) is 117 Å². The van der Waals surface area contributed by atoms with E-state index < -0.39 is 86.8 Å². The molecule has 0 aromatic rings. The molecule has 2 fully saturated rings. The lowest BCUT2D eigenvalue weighted by Crippen LogP contribution is -2.65. The summed E-state index contributed by atoms with van der Waals surface area (Å²) in [4.78, 5) is 12.9. The molecule has 1 amide bonds. The molecule has 2 rings (SSSR count). The van der Waals surface area contributed by atoms with Crippen LogP contribution < -0.4 is 5.32 Å². The largest absolute Gasteiger partial charge is 0.394 e. The highest BCUT2D eigenvalue weighted by Crippen LogP contribution is 2.30. The average molecular weight is 748 g/mol. The van der Waals surface area contributed by atoms with E-state index in [4.69, 9.17) is 18.9 Å². The van der Waals surface area contributed by atoms with E-state index in [1.165, 1.54) is 12.8 Å². The number of nitrogens with one attached hydrogen (secondary N) is 1. The number of hydrogen-bond acceptors (Lipinski definition) is 13. The van der Waals surface area contributed by atoms with Crippen molar-refractivity contribution in [3.8, 4) is 0 Å². The molecule has 0 aromatic carbocycles. The summed E-state index contributed by atoms with van der Waals surface area (Å²) in [6.07, 6.45) is 7.04. The minimum Gasteiger partial charge on any atom is -0.394 e. The van der Waals surface area contributed by atoms with Gasteiger partial charge in [-0.05, 0) is 38.5 Å². The summed E-state index contributed by atoms with van der Waals surface area (Å²) in [5.74, 6) is -0.234. The molecule has 0 aliphatic carbocycles. The van der Waals surface area contributed by atoms with Crippen molar-refractivity contribution in [2.75, 3.05) is 19.8 Å².